The van der Waals surface area contributed by atoms with Crippen LogP contribution in [0, 0.1) is 17.2 Å². The van der Waals surface area contributed by atoms with Gasteiger partial charge in [0.25, 0.3) is 5.91 Å². The van der Waals surface area contributed by atoms with Crippen LogP contribution in [0.15, 0.2) is 53.5 Å². The zero-order valence-corrected chi connectivity index (χ0v) is 16.3. The number of hydrogen-bond acceptors (Lipinski definition) is 3. The van der Waals surface area contributed by atoms with Crippen LogP contribution < -0.4 is 4.90 Å². The van der Waals surface area contributed by atoms with Crippen molar-refractivity contribution in [1.29, 1.82) is 5.26 Å². The van der Waals surface area contributed by atoms with Gasteiger partial charge < -0.3 is 4.90 Å². The Hall–Kier alpha value is -2.64. The molecule has 1 aliphatic rings. The second-order valence-corrected chi connectivity index (χ2v) is 7.17. The van der Waals surface area contributed by atoms with Crippen LogP contribution in [-0.2, 0) is 4.79 Å². The molecule has 0 N–H and O–H groups in total. The van der Waals surface area contributed by atoms with E-state index in [1.807, 2.05) is 49.4 Å². The predicted molar refractivity (Wildman–Crippen MR) is 109 cm³/mol. The van der Waals surface area contributed by atoms with Crippen LogP contribution in [0.4, 0.5) is 5.69 Å². The van der Waals surface area contributed by atoms with Crippen molar-refractivity contribution in [3.8, 4) is 6.07 Å². The molecule has 0 fully saturated rings. The molecule has 5 heteroatoms. The Morgan fingerprint density at radius 1 is 1.26 bits per heavy atom. The van der Waals surface area contributed by atoms with Crippen molar-refractivity contribution >= 4 is 28.9 Å². The largest absolute Gasteiger partial charge is 0.309 e. The highest BCUT2D eigenvalue weighted by atomic mass is 35.5. The molecule has 3 rings (SSSR count). The molecule has 1 amide bonds. The molecular formula is C22H22ClN3O. The number of aliphatic imine (C=N–C) groups is 1. The summed E-state index contributed by atoms with van der Waals surface area (Å²) in [5.74, 6) is 0.0275. The number of fused-ring (bicyclic) bond motifs is 1. The van der Waals surface area contributed by atoms with Crippen LogP contribution in [0.1, 0.15) is 37.8 Å². The first-order valence-electron chi connectivity index (χ1n) is 9.18. The summed E-state index contributed by atoms with van der Waals surface area (Å²) < 4.78 is 0. The second kappa shape index (κ2) is 8.37. The monoisotopic (exact) mass is 379 g/mol. The van der Waals surface area contributed by atoms with Gasteiger partial charge in [-0.15, -0.1) is 0 Å². The molecule has 0 radical (unpaired) electrons. The molecule has 1 heterocycles. The molecule has 0 bridgehead atoms. The van der Waals surface area contributed by atoms with E-state index in [-0.39, 0.29) is 18.2 Å². The van der Waals surface area contributed by atoms with E-state index >= 15 is 0 Å². The lowest BCUT2D eigenvalue weighted by atomic mass is 9.98. The van der Waals surface area contributed by atoms with Gasteiger partial charge in [-0.1, -0.05) is 62.2 Å². The number of nitrogens with zero attached hydrogens (tertiary/aromatic N) is 3. The summed E-state index contributed by atoms with van der Waals surface area (Å²) in [5, 5.41) is 9.65. The van der Waals surface area contributed by atoms with Crippen molar-refractivity contribution in [1.82, 2.24) is 0 Å². The van der Waals surface area contributed by atoms with E-state index in [1.54, 1.807) is 11.0 Å². The van der Waals surface area contributed by atoms with Gasteiger partial charge >= 0.3 is 0 Å². The van der Waals surface area contributed by atoms with E-state index in [0.29, 0.717) is 11.6 Å². The number of benzene rings is 2. The third-order valence-corrected chi connectivity index (χ3v) is 5.20. The highest BCUT2D eigenvalue weighted by Crippen LogP contribution is 2.33. The second-order valence-electron chi connectivity index (χ2n) is 6.73. The van der Waals surface area contributed by atoms with Crippen molar-refractivity contribution in [2.45, 2.75) is 32.7 Å². The van der Waals surface area contributed by atoms with Crippen LogP contribution in [0.25, 0.3) is 0 Å². The number of nitriles is 1. The highest BCUT2D eigenvalue weighted by molar-refractivity contribution is 6.32. The molecule has 0 aromatic heterocycles. The Morgan fingerprint density at radius 3 is 2.67 bits per heavy atom. The van der Waals surface area contributed by atoms with Gasteiger partial charge in [0.2, 0.25) is 0 Å². The molecule has 0 aliphatic carbocycles. The first-order chi connectivity index (χ1) is 13.1. The summed E-state index contributed by atoms with van der Waals surface area (Å²) in [4.78, 5) is 20.0. The standard InChI is InChI=1S/C22H22ClN3O/c1-3-15(2)20-22(27)26(13-7-12-24)19-11-10-17(23)14-18(19)21(25-20)16-8-5-4-6-9-16/h4-6,8-11,14-15,20H,3,7,13H2,1-2H3/t15-,20-/m0/s1. The number of carbonyl (C=O) groups is 1. The summed E-state index contributed by atoms with van der Waals surface area (Å²) >= 11 is 6.29. The zero-order chi connectivity index (χ0) is 19.4. The summed E-state index contributed by atoms with van der Waals surface area (Å²) in [6, 6.07) is 17.0. The maximum atomic E-state index is 13.4. The molecule has 0 unspecified atom stereocenters. The van der Waals surface area contributed by atoms with Crippen molar-refractivity contribution in [3.05, 3.63) is 64.7 Å². The summed E-state index contributed by atoms with van der Waals surface area (Å²) in [5.41, 5.74) is 3.30. The normalized spacial score (nSPS) is 17.6. The SMILES string of the molecule is CC[C@H](C)[C@@H]1N=C(c2ccccc2)c2cc(Cl)ccc2N(CCC#N)C1=O. The number of hydrogen-bond donors (Lipinski definition) is 0. The molecular weight excluding hydrogens is 358 g/mol. The third-order valence-electron chi connectivity index (χ3n) is 4.97. The fraction of sp³-hybridized carbons (Fsp3) is 0.318. The first kappa shape index (κ1) is 19.1. The molecule has 2 atom stereocenters. The number of halogens is 1. The molecule has 4 nitrogen and oxygen atoms in total. The van der Waals surface area contributed by atoms with E-state index < -0.39 is 6.04 Å². The van der Waals surface area contributed by atoms with E-state index in [1.165, 1.54) is 0 Å². The topological polar surface area (TPSA) is 56.5 Å². The fourth-order valence-corrected chi connectivity index (χ4v) is 3.46. The minimum Gasteiger partial charge on any atom is -0.309 e. The van der Waals surface area contributed by atoms with Gasteiger partial charge in [-0.05, 0) is 24.1 Å². The average molecular weight is 380 g/mol. The maximum Gasteiger partial charge on any atom is 0.252 e. The van der Waals surface area contributed by atoms with Gasteiger partial charge in [0, 0.05) is 22.7 Å². The number of rotatable bonds is 5. The average Bonchev–Trinajstić information content (AvgIpc) is 2.81. The Bertz CT molecular complexity index is 902. The minimum absolute atomic E-state index is 0.0610. The molecule has 0 saturated carbocycles. The maximum absolute atomic E-state index is 13.4. The molecule has 0 saturated heterocycles. The highest BCUT2D eigenvalue weighted by Gasteiger charge is 2.34. The van der Waals surface area contributed by atoms with Crippen LogP contribution in [-0.4, -0.2) is 24.2 Å². The van der Waals surface area contributed by atoms with E-state index in [4.69, 9.17) is 21.9 Å². The van der Waals surface area contributed by atoms with Gasteiger partial charge in [0.1, 0.15) is 6.04 Å². The van der Waals surface area contributed by atoms with Gasteiger partial charge in [0.15, 0.2) is 0 Å². The quantitative estimate of drug-likeness (QED) is 0.745. The Balaban J connectivity index is 2.24. The van der Waals surface area contributed by atoms with Crippen molar-refractivity contribution in [3.63, 3.8) is 0 Å². The Labute approximate surface area is 165 Å². The predicted octanol–water partition coefficient (Wildman–Crippen LogP) is 4.85. The fourth-order valence-electron chi connectivity index (χ4n) is 3.29. The molecule has 1 aliphatic heterocycles. The Morgan fingerprint density at radius 2 is 2.00 bits per heavy atom. The lowest BCUT2D eigenvalue weighted by molar-refractivity contribution is -0.120. The van der Waals surface area contributed by atoms with E-state index in [2.05, 4.69) is 13.0 Å². The lowest BCUT2D eigenvalue weighted by Gasteiger charge is -2.26. The van der Waals surface area contributed by atoms with Gasteiger partial charge in [-0.3, -0.25) is 9.79 Å². The van der Waals surface area contributed by atoms with Crippen LogP contribution >= 0.6 is 11.6 Å². The molecule has 2 aromatic rings. The molecule has 138 valence electrons. The van der Waals surface area contributed by atoms with Crippen LogP contribution in [0.2, 0.25) is 5.02 Å². The van der Waals surface area contributed by atoms with Gasteiger partial charge in [-0.2, -0.15) is 5.26 Å². The number of carbonyl (C=O) groups excluding carboxylic acids is 1. The van der Waals surface area contributed by atoms with Gasteiger partial charge in [-0.25, -0.2) is 0 Å². The summed E-state index contributed by atoms with van der Waals surface area (Å²) in [6.45, 7) is 4.44. The number of anilines is 1. The van der Waals surface area contributed by atoms with Gasteiger partial charge in [0.05, 0.1) is 23.9 Å². The smallest absolute Gasteiger partial charge is 0.252 e. The molecule has 27 heavy (non-hydrogen) atoms. The molecule has 0 spiro atoms. The van der Waals surface area contributed by atoms with Crippen molar-refractivity contribution in [2.75, 3.05) is 11.4 Å². The summed E-state index contributed by atoms with van der Waals surface area (Å²) in [7, 11) is 0. The van der Waals surface area contributed by atoms with E-state index in [0.717, 1.165) is 28.9 Å². The first-order valence-corrected chi connectivity index (χ1v) is 9.56. The van der Waals surface area contributed by atoms with Crippen LogP contribution in [0.5, 0.6) is 0 Å². The van der Waals surface area contributed by atoms with Crippen LogP contribution in [0.3, 0.4) is 0 Å². The lowest BCUT2D eigenvalue weighted by Crippen LogP contribution is -2.41. The zero-order valence-electron chi connectivity index (χ0n) is 15.5. The Kier molecular flexibility index (Phi) is 5.93. The third kappa shape index (κ3) is 3.89. The summed E-state index contributed by atoms with van der Waals surface area (Å²) in [6.07, 6.45) is 1.10. The van der Waals surface area contributed by atoms with Crippen molar-refractivity contribution < 1.29 is 4.79 Å². The number of benzodiazepines with no additional fused rings is 1. The van der Waals surface area contributed by atoms with Crippen molar-refractivity contribution in [2.24, 2.45) is 10.9 Å². The number of amides is 1. The molecule has 2 aromatic carbocycles. The van der Waals surface area contributed by atoms with E-state index in [9.17, 15) is 4.79 Å². The minimum atomic E-state index is -0.491.